The Kier molecular flexibility index (Phi) is 7.87. The highest BCUT2D eigenvalue weighted by atomic mass is 17.2. The van der Waals surface area contributed by atoms with Crippen molar-refractivity contribution in [3.63, 3.8) is 0 Å². The summed E-state index contributed by atoms with van der Waals surface area (Å²) < 4.78 is 18.5. The maximum absolute atomic E-state index is 9.12. The molecule has 212 valence electrons. The van der Waals surface area contributed by atoms with E-state index >= 15 is 0 Å². The molecule has 1 aliphatic heterocycles. The highest BCUT2D eigenvalue weighted by Gasteiger charge is 2.61. The van der Waals surface area contributed by atoms with E-state index in [4.69, 9.17) is 29.1 Å². The van der Waals surface area contributed by atoms with E-state index in [1.165, 1.54) is 32.1 Å². The molecule has 1 atom stereocenters. The van der Waals surface area contributed by atoms with Gasteiger partial charge in [-0.1, -0.05) is 56.8 Å². The van der Waals surface area contributed by atoms with Crippen molar-refractivity contribution in [3.05, 3.63) is 72.8 Å². The molecule has 1 N–H and O–H groups in total. The van der Waals surface area contributed by atoms with Gasteiger partial charge in [-0.15, -0.1) is 0 Å². The van der Waals surface area contributed by atoms with Gasteiger partial charge in [0, 0.05) is 22.6 Å². The fourth-order valence-electron chi connectivity index (χ4n) is 7.44. The smallest absolute Gasteiger partial charge is 0.207 e. The van der Waals surface area contributed by atoms with Gasteiger partial charge >= 0.3 is 0 Å². The Morgan fingerprint density at radius 3 is 2.10 bits per heavy atom. The topological polar surface area (TPSA) is 66.4 Å². The van der Waals surface area contributed by atoms with E-state index in [1.54, 1.807) is 0 Å². The Labute approximate surface area is 236 Å². The molecule has 1 heterocycles. The van der Waals surface area contributed by atoms with Crippen LogP contribution in [0.3, 0.4) is 0 Å². The first kappa shape index (κ1) is 27.3. The molecule has 40 heavy (non-hydrogen) atoms. The maximum atomic E-state index is 9.12. The van der Waals surface area contributed by atoms with Gasteiger partial charge in [-0.25, -0.2) is 4.89 Å². The summed E-state index contributed by atoms with van der Waals surface area (Å²) in [5.74, 6) is 4.23. The fraction of sp³-hybridized carbons (Fsp3) is 0.471. The molecule has 1 spiro atoms. The van der Waals surface area contributed by atoms with Crippen LogP contribution in [-0.4, -0.2) is 36.8 Å². The average Bonchev–Trinajstić information content (AvgIpc) is 3.00. The van der Waals surface area contributed by atoms with Crippen molar-refractivity contribution < 1.29 is 29.1 Å². The molecule has 3 aromatic carbocycles. The summed E-state index contributed by atoms with van der Waals surface area (Å²) in [6, 6.07) is 19.6. The molecular weight excluding hydrogens is 504 g/mol. The first-order chi connectivity index (χ1) is 19.6. The minimum atomic E-state index is -0.552. The summed E-state index contributed by atoms with van der Waals surface area (Å²) >= 11 is 0. The minimum Gasteiger partial charge on any atom is -0.491 e. The number of hydrogen-bond donors (Lipinski definition) is 1. The monoisotopic (exact) mass is 544 g/mol. The van der Waals surface area contributed by atoms with Gasteiger partial charge in [0.25, 0.3) is 0 Å². The van der Waals surface area contributed by atoms with E-state index in [0.29, 0.717) is 18.4 Å². The molecule has 1 saturated heterocycles. The lowest BCUT2D eigenvalue weighted by Gasteiger charge is -2.60. The third kappa shape index (κ3) is 4.92. The van der Waals surface area contributed by atoms with Gasteiger partial charge in [0.1, 0.15) is 30.0 Å². The van der Waals surface area contributed by atoms with Crippen LogP contribution in [0.1, 0.15) is 51.5 Å². The van der Waals surface area contributed by atoms with Crippen molar-refractivity contribution in [3.8, 4) is 17.2 Å². The van der Waals surface area contributed by atoms with Gasteiger partial charge < -0.3 is 19.3 Å². The Morgan fingerprint density at radius 1 is 0.875 bits per heavy atom. The number of aliphatic hydroxyl groups excluding tert-OH is 1. The van der Waals surface area contributed by atoms with Crippen LogP contribution in [0, 0.1) is 23.7 Å². The molecule has 4 bridgehead atoms. The van der Waals surface area contributed by atoms with Crippen LogP contribution in [0.5, 0.6) is 17.2 Å². The number of fused-ring (bicyclic) bond motifs is 1. The summed E-state index contributed by atoms with van der Waals surface area (Å²) in [6.07, 6.45) is 5.88. The highest BCUT2D eigenvalue weighted by Crippen LogP contribution is 2.60. The molecule has 0 amide bonds. The molecule has 4 aliphatic carbocycles. The van der Waals surface area contributed by atoms with E-state index in [2.05, 4.69) is 6.58 Å². The lowest BCUT2D eigenvalue weighted by atomic mass is 9.53. The van der Waals surface area contributed by atoms with Crippen LogP contribution in [0.4, 0.5) is 0 Å². The third-order valence-corrected chi connectivity index (χ3v) is 9.06. The summed E-state index contributed by atoms with van der Waals surface area (Å²) in [6.45, 7) is 8.99. The summed E-state index contributed by atoms with van der Waals surface area (Å²) in [4.78, 5) is 12.1. The molecular formula is C34H40O6. The van der Waals surface area contributed by atoms with Gasteiger partial charge in [0.05, 0.1) is 13.2 Å². The van der Waals surface area contributed by atoms with E-state index in [1.807, 2.05) is 74.5 Å². The zero-order valence-electron chi connectivity index (χ0n) is 23.5. The first-order valence-corrected chi connectivity index (χ1v) is 14.8. The minimum absolute atomic E-state index is 0.0306. The van der Waals surface area contributed by atoms with E-state index < -0.39 is 5.79 Å². The fourth-order valence-corrected chi connectivity index (χ4v) is 7.44. The molecule has 3 aromatic rings. The van der Waals surface area contributed by atoms with Gasteiger partial charge in [0.15, 0.2) is 0 Å². The maximum Gasteiger partial charge on any atom is 0.207 e. The number of ether oxygens (including phenoxy) is 3. The lowest BCUT2D eigenvalue weighted by molar-refractivity contribution is -0.517. The molecule has 1 unspecified atom stereocenters. The molecule has 6 nitrogen and oxygen atoms in total. The molecule has 0 aromatic heterocycles. The second-order valence-corrected chi connectivity index (χ2v) is 11.3. The van der Waals surface area contributed by atoms with E-state index in [9.17, 15) is 0 Å². The number of rotatable bonds is 7. The van der Waals surface area contributed by atoms with Crippen LogP contribution >= 0.6 is 0 Å². The van der Waals surface area contributed by atoms with Crippen LogP contribution < -0.4 is 9.47 Å². The van der Waals surface area contributed by atoms with Crippen LogP contribution in [0.15, 0.2) is 67.2 Å². The Morgan fingerprint density at radius 2 is 1.50 bits per heavy atom. The summed E-state index contributed by atoms with van der Waals surface area (Å²) in [5, 5.41) is 11.0. The average molecular weight is 545 g/mol. The Hall–Kier alpha value is -2.90. The number of hydrogen-bond acceptors (Lipinski definition) is 6. The van der Waals surface area contributed by atoms with Crippen molar-refractivity contribution in [1.29, 1.82) is 0 Å². The first-order valence-electron chi connectivity index (χ1n) is 14.8. The SMILES string of the molecule is C=C(c1ccc(Oc2cccc3c(OCCO)cccc23)cc1)C1COC2(OO1)C1CC3CC(C1)CC2C3.CC. The lowest BCUT2D eigenvalue weighted by Crippen LogP contribution is -2.63. The second kappa shape index (κ2) is 11.5. The number of aliphatic hydroxyl groups is 1. The molecule has 4 saturated carbocycles. The molecule has 5 fully saturated rings. The summed E-state index contributed by atoms with van der Waals surface area (Å²) in [5.41, 5.74) is 1.80. The molecule has 6 heteroatoms. The molecule has 0 radical (unpaired) electrons. The van der Waals surface area contributed by atoms with Crippen LogP contribution in [0.2, 0.25) is 0 Å². The van der Waals surface area contributed by atoms with Crippen molar-refractivity contribution >= 4 is 16.3 Å². The predicted octanol–water partition coefficient (Wildman–Crippen LogP) is 7.54. The van der Waals surface area contributed by atoms with Crippen molar-refractivity contribution in [1.82, 2.24) is 0 Å². The Bertz CT molecular complexity index is 1290. The van der Waals surface area contributed by atoms with Gasteiger partial charge in [-0.3, -0.25) is 0 Å². The van der Waals surface area contributed by atoms with Crippen molar-refractivity contribution in [2.45, 2.75) is 57.8 Å². The normalized spacial score (nSPS) is 30.1. The van der Waals surface area contributed by atoms with Crippen LogP contribution in [0.25, 0.3) is 16.3 Å². The van der Waals surface area contributed by atoms with Crippen LogP contribution in [-0.2, 0) is 14.5 Å². The number of benzene rings is 3. The van der Waals surface area contributed by atoms with Gasteiger partial charge in [-0.05, 0) is 79.3 Å². The van der Waals surface area contributed by atoms with Gasteiger partial charge in [0.2, 0.25) is 5.79 Å². The Balaban J connectivity index is 0.00000142. The standard InChI is InChI=1S/C32H34O6.C2H6/c1-20(31-19-35-32(38-37-31)24-15-21-14-22(17-24)18-25(32)16-21)23-8-10-26(11-9-23)36-30-7-3-4-27-28(30)5-2-6-29(27)34-13-12-33;1-2/h2-11,21-22,24-25,31,33H,1,12-19H2;1-2H3. The van der Waals surface area contributed by atoms with E-state index in [-0.39, 0.29) is 19.3 Å². The summed E-state index contributed by atoms with van der Waals surface area (Å²) in [7, 11) is 0. The predicted molar refractivity (Wildman–Crippen MR) is 155 cm³/mol. The largest absolute Gasteiger partial charge is 0.491 e. The zero-order valence-corrected chi connectivity index (χ0v) is 23.5. The zero-order chi connectivity index (χ0) is 27.7. The third-order valence-electron chi connectivity index (χ3n) is 9.06. The molecule has 8 rings (SSSR count). The molecule has 5 aliphatic rings. The van der Waals surface area contributed by atoms with Gasteiger partial charge in [-0.2, -0.15) is 4.89 Å². The highest BCUT2D eigenvalue weighted by molar-refractivity contribution is 5.93. The van der Waals surface area contributed by atoms with Crippen molar-refractivity contribution in [2.75, 3.05) is 19.8 Å². The second-order valence-electron chi connectivity index (χ2n) is 11.3. The van der Waals surface area contributed by atoms with E-state index in [0.717, 1.165) is 51.0 Å². The quantitative estimate of drug-likeness (QED) is 0.310. The van der Waals surface area contributed by atoms with Crippen molar-refractivity contribution in [2.24, 2.45) is 23.7 Å².